The van der Waals surface area contributed by atoms with Crippen LogP contribution in [-0.2, 0) is 9.47 Å². The smallest absolute Gasteiger partial charge is 0.449 e. The van der Waals surface area contributed by atoms with Crippen LogP contribution in [0.4, 0.5) is 9.59 Å². The number of hydrogen-bond acceptors (Lipinski definition) is 6. The van der Waals surface area contributed by atoms with Crippen molar-refractivity contribution in [1.29, 1.82) is 0 Å². The molecule has 5 N–H and O–H groups in total. The van der Waals surface area contributed by atoms with Crippen molar-refractivity contribution < 1.29 is 24.2 Å². The summed E-state index contributed by atoms with van der Waals surface area (Å²) in [5.74, 6) is 8.00. The molecule has 0 saturated carbocycles. The molecular weight excluding hydrogens is 180 g/mol. The highest BCUT2D eigenvalue weighted by Crippen LogP contribution is 2.07. The Morgan fingerprint density at radius 1 is 1.23 bits per heavy atom. The molecule has 0 fully saturated rings. The molecular formula is C6H14N2O5. The Labute approximate surface area is 75.6 Å². The van der Waals surface area contributed by atoms with Crippen molar-refractivity contribution in [2.45, 2.75) is 26.4 Å². The summed E-state index contributed by atoms with van der Waals surface area (Å²) in [6.07, 6.45) is -2.87. The van der Waals surface area contributed by atoms with Crippen molar-refractivity contribution in [2.75, 3.05) is 0 Å². The molecule has 0 aromatic rings. The molecule has 13 heavy (non-hydrogen) atoms. The highest BCUT2D eigenvalue weighted by atomic mass is 16.8. The Bertz CT molecular complexity index is 174. The SMILES string of the molecule is CC(C)(C)OC(=O)OC(=O)O.NN. The lowest BCUT2D eigenvalue weighted by Crippen LogP contribution is -2.25. The van der Waals surface area contributed by atoms with Crippen molar-refractivity contribution in [3.63, 3.8) is 0 Å². The van der Waals surface area contributed by atoms with E-state index in [0.29, 0.717) is 0 Å². The zero-order valence-electron chi connectivity index (χ0n) is 7.73. The van der Waals surface area contributed by atoms with Crippen LogP contribution in [0.5, 0.6) is 0 Å². The Balaban J connectivity index is 0. The average molecular weight is 194 g/mol. The third-order valence-corrected chi connectivity index (χ3v) is 0.560. The summed E-state index contributed by atoms with van der Waals surface area (Å²) >= 11 is 0. The summed E-state index contributed by atoms with van der Waals surface area (Å²) in [5, 5.41) is 7.96. The minimum atomic E-state index is -1.67. The third-order valence-electron chi connectivity index (χ3n) is 0.560. The maximum absolute atomic E-state index is 10.4. The van der Waals surface area contributed by atoms with E-state index in [-0.39, 0.29) is 0 Å². The first-order chi connectivity index (χ1) is 5.81. The van der Waals surface area contributed by atoms with E-state index in [0.717, 1.165) is 0 Å². The zero-order chi connectivity index (χ0) is 11.1. The Hall–Kier alpha value is -1.34. The van der Waals surface area contributed by atoms with Gasteiger partial charge in [0, 0.05) is 0 Å². The Morgan fingerprint density at radius 2 is 1.62 bits per heavy atom. The molecule has 0 heterocycles. The first-order valence-electron chi connectivity index (χ1n) is 3.28. The topological polar surface area (TPSA) is 125 Å². The van der Waals surface area contributed by atoms with Crippen LogP contribution < -0.4 is 11.7 Å². The molecule has 0 amide bonds. The normalized spacial score (nSPS) is 9.31. The van der Waals surface area contributed by atoms with E-state index in [1.54, 1.807) is 20.8 Å². The first-order valence-corrected chi connectivity index (χ1v) is 3.28. The van der Waals surface area contributed by atoms with Gasteiger partial charge in [0.15, 0.2) is 0 Å². The molecule has 0 bridgehead atoms. The number of carbonyl (C=O) groups excluding carboxylic acids is 1. The summed E-state index contributed by atoms with van der Waals surface area (Å²) in [5.41, 5.74) is -0.730. The largest absolute Gasteiger partial charge is 0.519 e. The van der Waals surface area contributed by atoms with Crippen LogP contribution in [0.25, 0.3) is 0 Å². The Kier molecular flexibility index (Phi) is 6.78. The van der Waals surface area contributed by atoms with E-state index in [4.69, 9.17) is 5.11 Å². The van der Waals surface area contributed by atoms with E-state index < -0.39 is 17.9 Å². The lowest BCUT2D eigenvalue weighted by Gasteiger charge is -2.17. The molecule has 0 aliphatic heterocycles. The van der Waals surface area contributed by atoms with E-state index in [1.165, 1.54) is 0 Å². The molecule has 0 unspecified atom stereocenters. The van der Waals surface area contributed by atoms with Gasteiger partial charge >= 0.3 is 12.3 Å². The molecule has 0 aromatic carbocycles. The quantitative estimate of drug-likeness (QED) is 0.221. The molecule has 0 spiro atoms. The van der Waals surface area contributed by atoms with Crippen LogP contribution >= 0.6 is 0 Å². The number of carbonyl (C=O) groups is 2. The molecule has 7 heteroatoms. The highest BCUT2D eigenvalue weighted by Gasteiger charge is 2.19. The van der Waals surface area contributed by atoms with Gasteiger partial charge in [-0.3, -0.25) is 11.7 Å². The summed E-state index contributed by atoms with van der Waals surface area (Å²) in [4.78, 5) is 20.2. The zero-order valence-corrected chi connectivity index (χ0v) is 7.73. The number of carboxylic acid groups (broad SMARTS) is 1. The fourth-order valence-corrected chi connectivity index (χ4v) is 0.342. The molecule has 0 aromatic heterocycles. The molecule has 7 nitrogen and oxygen atoms in total. The molecule has 0 aliphatic carbocycles. The van der Waals surface area contributed by atoms with E-state index >= 15 is 0 Å². The van der Waals surface area contributed by atoms with Gasteiger partial charge in [-0.05, 0) is 20.8 Å². The number of hydrazine groups is 1. The molecule has 0 saturated heterocycles. The molecule has 78 valence electrons. The maximum Gasteiger partial charge on any atom is 0.519 e. The minimum Gasteiger partial charge on any atom is -0.449 e. The van der Waals surface area contributed by atoms with Gasteiger partial charge in [0.2, 0.25) is 0 Å². The van der Waals surface area contributed by atoms with Crippen LogP contribution in [0, 0.1) is 0 Å². The average Bonchev–Trinajstić information content (AvgIpc) is 1.85. The third kappa shape index (κ3) is 13.6. The summed E-state index contributed by atoms with van der Waals surface area (Å²) in [6.45, 7) is 4.82. The van der Waals surface area contributed by atoms with Gasteiger partial charge in [-0.1, -0.05) is 0 Å². The molecule has 0 atom stereocenters. The van der Waals surface area contributed by atoms with Gasteiger partial charge < -0.3 is 14.6 Å². The van der Waals surface area contributed by atoms with Gasteiger partial charge in [-0.25, -0.2) is 9.59 Å². The predicted molar refractivity (Wildman–Crippen MR) is 43.7 cm³/mol. The Morgan fingerprint density at radius 3 is 1.85 bits per heavy atom. The predicted octanol–water partition coefficient (Wildman–Crippen LogP) is 0.435. The van der Waals surface area contributed by atoms with Gasteiger partial charge in [-0.2, -0.15) is 0 Å². The van der Waals surface area contributed by atoms with Gasteiger partial charge in [0.25, 0.3) is 0 Å². The molecule has 0 aliphatic rings. The minimum absolute atomic E-state index is 0.730. The van der Waals surface area contributed by atoms with Gasteiger partial charge in [0.05, 0.1) is 0 Å². The van der Waals surface area contributed by atoms with Crippen molar-refractivity contribution in [2.24, 2.45) is 11.7 Å². The highest BCUT2D eigenvalue weighted by molar-refractivity contribution is 5.75. The fourth-order valence-electron chi connectivity index (χ4n) is 0.342. The van der Waals surface area contributed by atoms with Crippen molar-refractivity contribution in [3.8, 4) is 0 Å². The summed E-state index contributed by atoms with van der Waals surface area (Å²) < 4.78 is 8.19. The van der Waals surface area contributed by atoms with Crippen molar-refractivity contribution in [3.05, 3.63) is 0 Å². The monoisotopic (exact) mass is 194 g/mol. The van der Waals surface area contributed by atoms with Crippen LogP contribution in [0.3, 0.4) is 0 Å². The maximum atomic E-state index is 10.4. The number of nitrogens with two attached hydrogens (primary N) is 2. The summed E-state index contributed by atoms with van der Waals surface area (Å²) in [7, 11) is 0. The standard InChI is InChI=1S/C6H10O5.H4N2/c1-6(2,3)11-5(9)10-4(7)8;1-2/h1-3H3,(H,7,8);1-2H2. The van der Waals surface area contributed by atoms with Gasteiger partial charge in [-0.15, -0.1) is 0 Å². The van der Waals surface area contributed by atoms with Crippen LogP contribution in [-0.4, -0.2) is 23.0 Å². The van der Waals surface area contributed by atoms with E-state index in [2.05, 4.69) is 21.2 Å². The van der Waals surface area contributed by atoms with Crippen LogP contribution in [0.1, 0.15) is 20.8 Å². The van der Waals surface area contributed by atoms with E-state index in [9.17, 15) is 9.59 Å². The second kappa shape index (κ2) is 6.21. The lowest BCUT2D eigenvalue weighted by molar-refractivity contribution is -0.000101. The second-order valence-electron chi connectivity index (χ2n) is 2.83. The molecule has 0 rings (SSSR count). The number of ether oxygens (including phenoxy) is 2. The van der Waals surface area contributed by atoms with Crippen molar-refractivity contribution >= 4 is 12.3 Å². The van der Waals surface area contributed by atoms with Gasteiger partial charge in [0.1, 0.15) is 5.60 Å². The second-order valence-corrected chi connectivity index (χ2v) is 2.83. The number of hydrogen-bond donors (Lipinski definition) is 3. The number of rotatable bonds is 0. The van der Waals surface area contributed by atoms with Crippen LogP contribution in [0.15, 0.2) is 0 Å². The first kappa shape index (κ1) is 14.2. The summed E-state index contributed by atoms with van der Waals surface area (Å²) in [6, 6.07) is 0. The molecule has 0 radical (unpaired) electrons. The van der Waals surface area contributed by atoms with Crippen molar-refractivity contribution in [1.82, 2.24) is 0 Å². The van der Waals surface area contributed by atoms with Crippen LogP contribution in [0.2, 0.25) is 0 Å². The lowest BCUT2D eigenvalue weighted by atomic mass is 10.2. The fraction of sp³-hybridized carbons (Fsp3) is 0.667. The van der Waals surface area contributed by atoms with E-state index in [1.807, 2.05) is 0 Å².